The van der Waals surface area contributed by atoms with E-state index >= 15 is 0 Å². The van der Waals surface area contributed by atoms with E-state index in [2.05, 4.69) is 15.3 Å². The van der Waals surface area contributed by atoms with Crippen LogP contribution < -0.4 is 14.8 Å². The third-order valence-electron chi connectivity index (χ3n) is 3.40. The maximum absolute atomic E-state index is 12.0. The quantitative estimate of drug-likeness (QED) is 0.749. The van der Waals surface area contributed by atoms with Gasteiger partial charge in [-0.25, -0.2) is 9.97 Å². The predicted molar refractivity (Wildman–Crippen MR) is 94.6 cm³/mol. The van der Waals surface area contributed by atoms with Gasteiger partial charge < -0.3 is 9.47 Å². The summed E-state index contributed by atoms with van der Waals surface area (Å²) >= 11 is 0. The first-order chi connectivity index (χ1) is 12.3. The highest BCUT2D eigenvalue weighted by Crippen LogP contribution is 2.28. The van der Waals surface area contributed by atoms with Gasteiger partial charge in [0.2, 0.25) is 5.95 Å². The number of methoxy groups -OCH3 is 1. The number of carbonyl (C=O) groups is 1. The lowest BCUT2D eigenvalue weighted by molar-refractivity contribution is -0.118. The van der Waals surface area contributed by atoms with Crippen molar-refractivity contribution in [1.82, 2.24) is 9.97 Å². The van der Waals surface area contributed by atoms with Crippen molar-refractivity contribution in [2.45, 2.75) is 0 Å². The normalized spacial score (nSPS) is 10.1. The van der Waals surface area contributed by atoms with Crippen molar-refractivity contribution in [1.29, 1.82) is 0 Å². The Morgan fingerprint density at radius 2 is 1.80 bits per heavy atom. The van der Waals surface area contributed by atoms with Gasteiger partial charge in [0.05, 0.1) is 12.8 Å². The number of amides is 1. The summed E-state index contributed by atoms with van der Waals surface area (Å²) in [5.41, 5.74) is 1.48. The molecular formula is C19H17N3O3. The van der Waals surface area contributed by atoms with Crippen molar-refractivity contribution < 1.29 is 14.3 Å². The molecule has 3 rings (SSSR count). The molecule has 0 fully saturated rings. The Labute approximate surface area is 145 Å². The lowest BCUT2D eigenvalue weighted by Crippen LogP contribution is -2.21. The third kappa shape index (κ3) is 4.32. The summed E-state index contributed by atoms with van der Waals surface area (Å²) in [7, 11) is 1.60. The molecule has 0 bridgehead atoms. The smallest absolute Gasteiger partial charge is 0.264 e. The average Bonchev–Trinajstić information content (AvgIpc) is 2.67. The molecule has 0 spiro atoms. The zero-order valence-corrected chi connectivity index (χ0v) is 13.7. The fraction of sp³-hybridized carbons (Fsp3) is 0.105. The van der Waals surface area contributed by atoms with Gasteiger partial charge in [-0.2, -0.15) is 0 Å². The fourth-order valence-electron chi connectivity index (χ4n) is 2.25. The molecule has 0 saturated heterocycles. The molecule has 6 nitrogen and oxygen atoms in total. The molecule has 6 heteroatoms. The number of hydrogen-bond acceptors (Lipinski definition) is 5. The van der Waals surface area contributed by atoms with Gasteiger partial charge >= 0.3 is 0 Å². The second-order valence-corrected chi connectivity index (χ2v) is 5.12. The van der Waals surface area contributed by atoms with Gasteiger partial charge in [-0.15, -0.1) is 0 Å². The minimum Gasteiger partial charge on any atom is -0.496 e. The number of aromatic nitrogens is 2. The molecule has 3 aromatic rings. The van der Waals surface area contributed by atoms with E-state index in [-0.39, 0.29) is 18.5 Å². The van der Waals surface area contributed by atoms with Crippen molar-refractivity contribution in [2.24, 2.45) is 0 Å². The SMILES string of the molecule is COc1ccccc1-c1ccnc(NC(=O)COc2ccccc2)n1. The average molecular weight is 335 g/mol. The summed E-state index contributed by atoms with van der Waals surface area (Å²) < 4.78 is 10.7. The first kappa shape index (κ1) is 16.4. The maximum atomic E-state index is 12.0. The molecule has 1 amide bonds. The number of rotatable bonds is 6. The zero-order chi connectivity index (χ0) is 17.5. The second-order valence-electron chi connectivity index (χ2n) is 5.12. The highest BCUT2D eigenvalue weighted by Gasteiger charge is 2.10. The Bertz CT molecular complexity index is 853. The van der Waals surface area contributed by atoms with Crippen molar-refractivity contribution >= 4 is 11.9 Å². The number of carbonyl (C=O) groups excluding carboxylic acids is 1. The third-order valence-corrected chi connectivity index (χ3v) is 3.40. The molecule has 0 unspecified atom stereocenters. The van der Waals surface area contributed by atoms with Crippen LogP contribution in [0.1, 0.15) is 0 Å². The van der Waals surface area contributed by atoms with Gasteiger partial charge in [0.1, 0.15) is 11.5 Å². The van der Waals surface area contributed by atoms with Gasteiger partial charge in [-0.05, 0) is 30.3 Å². The monoisotopic (exact) mass is 335 g/mol. The highest BCUT2D eigenvalue weighted by atomic mass is 16.5. The van der Waals surface area contributed by atoms with Gasteiger partial charge in [0.15, 0.2) is 6.61 Å². The summed E-state index contributed by atoms with van der Waals surface area (Å²) in [4.78, 5) is 20.5. The molecule has 0 aliphatic rings. The fourth-order valence-corrected chi connectivity index (χ4v) is 2.25. The Morgan fingerprint density at radius 1 is 1.04 bits per heavy atom. The van der Waals surface area contributed by atoms with E-state index in [0.29, 0.717) is 17.2 Å². The topological polar surface area (TPSA) is 73.3 Å². The number of para-hydroxylation sites is 2. The number of hydrogen-bond donors (Lipinski definition) is 1. The summed E-state index contributed by atoms with van der Waals surface area (Å²) in [6.07, 6.45) is 1.59. The molecule has 1 aromatic heterocycles. The number of nitrogens with zero attached hydrogens (tertiary/aromatic N) is 2. The number of anilines is 1. The molecule has 0 aliphatic carbocycles. The minimum atomic E-state index is -0.332. The van der Waals surface area contributed by atoms with Crippen LogP contribution in [-0.4, -0.2) is 29.6 Å². The van der Waals surface area contributed by atoms with Crippen molar-refractivity contribution in [2.75, 3.05) is 19.0 Å². The number of nitrogens with one attached hydrogen (secondary N) is 1. The zero-order valence-electron chi connectivity index (χ0n) is 13.7. The Morgan fingerprint density at radius 3 is 2.60 bits per heavy atom. The minimum absolute atomic E-state index is 0.119. The van der Waals surface area contributed by atoms with Crippen LogP contribution in [0.4, 0.5) is 5.95 Å². The molecule has 0 aliphatic heterocycles. The molecule has 1 heterocycles. The number of benzene rings is 2. The lowest BCUT2D eigenvalue weighted by Gasteiger charge is -2.09. The molecule has 2 aromatic carbocycles. The van der Waals surface area contributed by atoms with Crippen LogP contribution in [0.25, 0.3) is 11.3 Å². The predicted octanol–water partition coefficient (Wildman–Crippen LogP) is 3.17. The summed E-state index contributed by atoms with van der Waals surface area (Å²) in [5.74, 6) is 1.21. The van der Waals surface area contributed by atoms with E-state index in [1.54, 1.807) is 31.5 Å². The standard InChI is InChI=1S/C19H17N3O3/c1-24-17-10-6-5-9-15(17)16-11-12-20-19(21-16)22-18(23)13-25-14-7-3-2-4-8-14/h2-12H,13H2,1H3,(H,20,21,22,23). The first-order valence-electron chi connectivity index (χ1n) is 7.70. The maximum Gasteiger partial charge on any atom is 0.264 e. The summed E-state index contributed by atoms with van der Waals surface area (Å²) in [6.45, 7) is -0.119. The van der Waals surface area contributed by atoms with Gasteiger partial charge in [-0.1, -0.05) is 30.3 Å². The van der Waals surface area contributed by atoms with Crippen LogP contribution in [0.2, 0.25) is 0 Å². The molecule has 0 radical (unpaired) electrons. The van der Waals surface area contributed by atoms with E-state index in [9.17, 15) is 4.79 Å². The molecule has 25 heavy (non-hydrogen) atoms. The Hall–Kier alpha value is -3.41. The highest BCUT2D eigenvalue weighted by molar-refractivity contribution is 5.90. The van der Waals surface area contributed by atoms with Crippen LogP contribution in [0.3, 0.4) is 0 Å². The van der Waals surface area contributed by atoms with Crippen LogP contribution in [-0.2, 0) is 4.79 Å². The van der Waals surface area contributed by atoms with Crippen LogP contribution >= 0.6 is 0 Å². The molecule has 1 N–H and O–H groups in total. The number of ether oxygens (including phenoxy) is 2. The second kappa shape index (κ2) is 7.92. The van der Waals surface area contributed by atoms with E-state index in [4.69, 9.17) is 9.47 Å². The largest absolute Gasteiger partial charge is 0.496 e. The van der Waals surface area contributed by atoms with Crippen LogP contribution in [0.15, 0.2) is 66.9 Å². The molecule has 0 saturated carbocycles. The van der Waals surface area contributed by atoms with Crippen molar-refractivity contribution in [3.8, 4) is 22.8 Å². The molecule has 0 atom stereocenters. The van der Waals surface area contributed by atoms with Crippen molar-refractivity contribution in [3.63, 3.8) is 0 Å². The molecule has 126 valence electrons. The van der Waals surface area contributed by atoms with Crippen molar-refractivity contribution in [3.05, 3.63) is 66.9 Å². The van der Waals surface area contributed by atoms with E-state index in [0.717, 1.165) is 5.56 Å². The summed E-state index contributed by atoms with van der Waals surface area (Å²) in [6, 6.07) is 18.4. The van der Waals surface area contributed by atoms with Crippen LogP contribution in [0, 0.1) is 0 Å². The molecular weight excluding hydrogens is 318 g/mol. The van der Waals surface area contributed by atoms with E-state index in [1.165, 1.54) is 0 Å². The first-order valence-corrected chi connectivity index (χ1v) is 7.70. The summed E-state index contributed by atoms with van der Waals surface area (Å²) in [5, 5.41) is 2.63. The van der Waals surface area contributed by atoms with Gasteiger partial charge in [-0.3, -0.25) is 10.1 Å². The lowest BCUT2D eigenvalue weighted by atomic mass is 10.1. The van der Waals surface area contributed by atoms with Crippen LogP contribution in [0.5, 0.6) is 11.5 Å². The van der Waals surface area contributed by atoms with Gasteiger partial charge in [0, 0.05) is 11.8 Å². The van der Waals surface area contributed by atoms with E-state index < -0.39 is 0 Å². The van der Waals surface area contributed by atoms with Gasteiger partial charge in [0.25, 0.3) is 5.91 Å². The Balaban J connectivity index is 1.68. The van der Waals surface area contributed by atoms with E-state index in [1.807, 2.05) is 42.5 Å². The Kier molecular flexibility index (Phi) is 5.21.